The van der Waals surface area contributed by atoms with Crippen LogP contribution in [0.15, 0.2) is 23.4 Å². The summed E-state index contributed by atoms with van der Waals surface area (Å²) in [5.74, 6) is 0.543. The molecule has 0 saturated carbocycles. The summed E-state index contributed by atoms with van der Waals surface area (Å²) in [6, 6.07) is 2.88. The predicted octanol–water partition coefficient (Wildman–Crippen LogP) is 1.49. The number of thioether (sulfide) groups is 1. The molecule has 1 fully saturated rings. The molecule has 0 aliphatic carbocycles. The molecule has 1 saturated heterocycles. The van der Waals surface area contributed by atoms with E-state index in [1.807, 2.05) is 4.90 Å². The topological polar surface area (TPSA) is 126 Å². The molecule has 9 nitrogen and oxygen atoms in total. The molecule has 1 aliphatic rings. The molecule has 28 heavy (non-hydrogen) atoms. The van der Waals surface area contributed by atoms with E-state index >= 15 is 0 Å². The summed E-state index contributed by atoms with van der Waals surface area (Å²) < 4.78 is 48.0. The molecular formula is C15H16F2N6O3S2. The second-order valence-electron chi connectivity index (χ2n) is 5.87. The second-order valence-corrected chi connectivity index (χ2v) is 7.89. The number of piperazine rings is 1. The Morgan fingerprint density at radius 2 is 1.96 bits per heavy atom. The molecule has 1 atom stereocenters. The fourth-order valence-corrected chi connectivity index (χ4v) is 3.81. The van der Waals surface area contributed by atoms with Gasteiger partial charge in [-0.25, -0.2) is 18.0 Å². The summed E-state index contributed by atoms with van der Waals surface area (Å²) in [5.41, 5.74) is 0.336. The van der Waals surface area contributed by atoms with Crippen molar-refractivity contribution in [1.29, 1.82) is 10.8 Å². The number of hydrogen-bond donors (Lipinski definition) is 3. The summed E-state index contributed by atoms with van der Waals surface area (Å²) in [6.07, 6.45) is -0.834. The molecule has 3 rings (SSSR count). The number of fused-ring (bicyclic) bond motifs is 1. The van der Waals surface area contributed by atoms with Crippen LogP contribution in [0.25, 0.3) is 5.52 Å². The Morgan fingerprint density at radius 1 is 1.29 bits per heavy atom. The molecule has 0 bridgehead atoms. The first-order valence-corrected chi connectivity index (χ1v) is 9.93. The highest BCUT2D eigenvalue weighted by atomic mass is 32.2. The van der Waals surface area contributed by atoms with Crippen LogP contribution in [-0.2, 0) is 15.9 Å². The van der Waals surface area contributed by atoms with Crippen molar-refractivity contribution >= 4 is 50.7 Å². The number of nitrogens with zero attached hydrogens (tertiary/aromatic N) is 4. The molecule has 0 spiro atoms. The molecule has 1 unspecified atom stereocenters. The Hall–Kier alpha value is -2.38. The third kappa shape index (κ3) is 4.05. The lowest BCUT2D eigenvalue weighted by atomic mass is 10.3. The number of halogens is 2. The van der Waals surface area contributed by atoms with E-state index in [0.717, 1.165) is 6.41 Å². The van der Waals surface area contributed by atoms with Gasteiger partial charge in [-0.3, -0.25) is 20.0 Å². The highest BCUT2D eigenvalue weighted by molar-refractivity contribution is 8.26. The minimum Gasteiger partial charge on any atom is -0.354 e. The molecule has 2 aromatic rings. The van der Waals surface area contributed by atoms with Crippen LogP contribution >= 0.6 is 11.8 Å². The quantitative estimate of drug-likeness (QED) is 0.286. The zero-order chi connectivity index (χ0) is 20.4. The van der Waals surface area contributed by atoms with Crippen LogP contribution in [0.3, 0.4) is 0 Å². The Balaban J connectivity index is 2.02. The van der Waals surface area contributed by atoms with Gasteiger partial charge in [0.2, 0.25) is 6.41 Å². The maximum atomic E-state index is 12.6. The minimum atomic E-state index is -3.00. The maximum absolute atomic E-state index is 12.6. The van der Waals surface area contributed by atoms with Crippen molar-refractivity contribution in [1.82, 2.24) is 14.3 Å². The molecule has 3 heterocycles. The number of anilines is 1. The number of amides is 1. The van der Waals surface area contributed by atoms with E-state index in [2.05, 4.69) is 4.98 Å². The lowest BCUT2D eigenvalue weighted by Gasteiger charge is -2.34. The summed E-state index contributed by atoms with van der Waals surface area (Å²) in [4.78, 5) is 18.6. The zero-order valence-electron chi connectivity index (χ0n) is 14.3. The standard InChI is InChI=1S/C15H16F2N6O3S2/c16-13(17)15(19)27-14(18)12-10-5-9(28(25)26)6-11(23(10)7-20-12)22-3-1-21(8-24)2-4-22/h5-8,13,18-19H,1-4H2,(H,25,26). The Labute approximate surface area is 165 Å². The average Bonchev–Trinajstić information content (AvgIpc) is 3.11. The van der Waals surface area contributed by atoms with E-state index in [-0.39, 0.29) is 27.4 Å². The zero-order valence-corrected chi connectivity index (χ0v) is 16.0. The SMILES string of the molecule is N=C(SC(=N)C(F)F)c1ncn2c(N3CCN(C=O)CC3)cc(S(=O)O)cc12. The summed E-state index contributed by atoms with van der Waals surface area (Å²) in [6.45, 7) is 1.95. The number of imidazole rings is 1. The first-order chi connectivity index (χ1) is 13.3. The van der Waals surface area contributed by atoms with Crippen molar-refractivity contribution in [2.45, 2.75) is 11.3 Å². The van der Waals surface area contributed by atoms with E-state index < -0.39 is 22.5 Å². The van der Waals surface area contributed by atoms with Crippen LogP contribution in [0.2, 0.25) is 0 Å². The number of rotatable bonds is 5. The van der Waals surface area contributed by atoms with Crippen molar-refractivity contribution in [3.63, 3.8) is 0 Å². The van der Waals surface area contributed by atoms with Gasteiger partial charge >= 0.3 is 0 Å². The number of nitrogens with one attached hydrogen (secondary N) is 2. The van der Waals surface area contributed by atoms with Crippen LogP contribution in [0.4, 0.5) is 14.6 Å². The van der Waals surface area contributed by atoms with E-state index in [9.17, 15) is 22.3 Å². The Morgan fingerprint density at radius 3 is 2.54 bits per heavy atom. The molecule has 150 valence electrons. The molecule has 1 amide bonds. The molecule has 2 aromatic heterocycles. The van der Waals surface area contributed by atoms with Gasteiger partial charge < -0.3 is 14.4 Å². The summed E-state index contributed by atoms with van der Waals surface area (Å²) in [7, 11) is 0. The first kappa shape index (κ1) is 20.4. The van der Waals surface area contributed by atoms with Gasteiger partial charge in [-0.05, 0) is 23.9 Å². The number of carbonyl (C=O) groups excluding carboxylic acids is 1. The van der Waals surface area contributed by atoms with E-state index in [1.54, 1.807) is 9.30 Å². The number of carbonyl (C=O) groups is 1. The van der Waals surface area contributed by atoms with Gasteiger partial charge in [-0.2, -0.15) is 0 Å². The fourth-order valence-electron chi connectivity index (χ4n) is 2.83. The second kappa shape index (κ2) is 8.32. The smallest absolute Gasteiger partial charge is 0.285 e. The maximum Gasteiger partial charge on any atom is 0.285 e. The van der Waals surface area contributed by atoms with Gasteiger partial charge in [0.05, 0.1) is 10.4 Å². The fraction of sp³-hybridized carbons (Fsp3) is 0.333. The third-order valence-electron chi connectivity index (χ3n) is 4.22. The number of hydrogen-bond acceptors (Lipinski definition) is 7. The van der Waals surface area contributed by atoms with Gasteiger partial charge in [0.15, 0.2) is 11.1 Å². The molecule has 0 radical (unpaired) electrons. The van der Waals surface area contributed by atoms with Crippen LogP contribution in [0.5, 0.6) is 0 Å². The Kier molecular flexibility index (Phi) is 6.05. The minimum absolute atomic E-state index is 0.0375. The Bertz CT molecular complexity index is 959. The highest BCUT2D eigenvalue weighted by Gasteiger charge is 2.23. The lowest BCUT2D eigenvalue weighted by Crippen LogP contribution is -2.46. The molecular weight excluding hydrogens is 414 g/mol. The van der Waals surface area contributed by atoms with Gasteiger partial charge in [0.1, 0.15) is 27.9 Å². The largest absolute Gasteiger partial charge is 0.354 e. The van der Waals surface area contributed by atoms with E-state index in [0.29, 0.717) is 37.5 Å². The van der Waals surface area contributed by atoms with Gasteiger partial charge in [0, 0.05) is 26.2 Å². The molecule has 0 aromatic carbocycles. The van der Waals surface area contributed by atoms with Crippen LogP contribution in [-0.4, -0.2) is 72.1 Å². The number of aromatic nitrogens is 2. The van der Waals surface area contributed by atoms with E-state index in [1.165, 1.54) is 18.5 Å². The van der Waals surface area contributed by atoms with Crippen molar-refractivity contribution in [2.75, 3.05) is 31.1 Å². The average molecular weight is 430 g/mol. The summed E-state index contributed by atoms with van der Waals surface area (Å²) >= 11 is -2.02. The van der Waals surface area contributed by atoms with Crippen molar-refractivity contribution < 1.29 is 22.3 Å². The van der Waals surface area contributed by atoms with Crippen molar-refractivity contribution in [3.8, 4) is 0 Å². The summed E-state index contributed by atoms with van der Waals surface area (Å²) in [5, 5.41) is 13.9. The third-order valence-corrected chi connectivity index (χ3v) is 5.65. The van der Waals surface area contributed by atoms with Crippen LogP contribution in [0, 0.1) is 10.8 Å². The number of alkyl halides is 2. The van der Waals surface area contributed by atoms with Crippen LogP contribution in [0.1, 0.15) is 5.69 Å². The van der Waals surface area contributed by atoms with Crippen molar-refractivity contribution in [2.24, 2.45) is 0 Å². The van der Waals surface area contributed by atoms with E-state index in [4.69, 9.17) is 10.8 Å². The lowest BCUT2D eigenvalue weighted by molar-refractivity contribution is -0.118. The van der Waals surface area contributed by atoms with Crippen molar-refractivity contribution in [3.05, 3.63) is 24.2 Å². The van der Waals surface area contributed by atoms with Gasteiger partial charge in [-0.15, -0.1) is 0 Å². The predicted molar refractivity (Wildman–Crippen MR) is 102 cm³/mol. The first-order valence-electron chi connectivity index (χ1n) is 8.01. The molecule has 3 N–H and O–H groups in total. The monoisotopic (exact) mass is 430 g/mol. The number of pyridine rings is 1. The van der Waals surface area contributed by atoms with Crippen LogP contribution < -0.4 is 4.90 Å². The van der Waals surface area contributed by atoms with Gasteiger partial charge in [-0.1, -0.05) is 0 Å². The molecule has 13 heteroatoms. The molecule has 1 aliphatic heterocycles. The normalized spacial score (nSPS) is 15.9. The highest BCUT2D eigenvalue weighted by Crippen LogP contribution is 2.27. The van der Waals surface area contributed by atoms with Gasteiger partial charge in [0.25, 0.3) is 6.43 Å².